The van der Waals surface area contributed by atoms with Crippen molar-refractivity contribution >= 4 is 17.9 Å². The van der Waals surface area contributed by atoms with Crippen LogP contribution < -0.4 is 0 Å². The van der Waals surface area contributed by atoms with E-state index in [0.717, 1.165) is 132 Å². The third-order valence-corrected chi connectivity index (χ3v) is 31.0. The summed E-state index contributed by atoms with van der Waals surface area (Å²) in [6, 6.07) is 28.2. The first kappa shape index (κ1) is 80.0. The predicted molar refractivity (Wildman–Crippen MR) is 413 cm³/mol. The number of ether oxygens (including phenoxy) is 3. The zero-order chi connectivity index (χ0) is 70.2. The topological polar surface area (TPSA) is 140 Å². The van der Waals surface area contributed by atoms with Gasteiger partial charge in [0.2, 0.25) is 0 Å². The molecule has 9 heteroatoms. The van der Waals surface area contributed by atoms with Gasteiger partial charge in [-0.2, -0.15) is 0 Å². The van der Waals surface area contributed by atoms with Gasteiger partial charge in [-0.25, -0.2) is 14.4 Å². The van der Waals surface area contributed by atoms with Crippen molar-refractivity contribution in [2.75, 3.05) is 0 Å². The third kappa shape index (κ3) is 14.8. The summed E-state index contributed by atoms with van der Waals surface area (Å²) in [5.41, 5.74) is 6.46. The van der Waals surface area contributed by atoms with Crippen molar-refractivity contribution in [1.29, 1.82) is 0 Å². The molecule has 0 spiro atoms. The highest BCUT2D eigenvalue weighted by molar-refractivity contribution is 5.90. The first-order valence-electron chi connectivity index (χ1n) is 39.0. The maximum atomic E-state index is 12.7. The van der Waals surface area contributed by atoms with Crippen LogP contribution in [0, 0.1) is 104 Å². The van der Waals surface area contributed by atoms with Gasteiger partial charge in [-0.05, 0) is 318 Å². The standard InChI is InChI=1S/3C29H40O3.C2H4.3CH4/c3*1-19(32-26(30)20-8-6-5-7-9-20)23-12-13-24-22-11-10-21-18-27(2,31)16-17-28(21,3)25(22)14-15-29(23,24)4;1-2;;;/h3*5-10,19,22-25,31H,11-18H2,1-4H3;1-2H2;3*1H4/t19?,22-,23+,24-,25-,27-,28-,29+;19-,22+,23-,24+,25+,27+,28+,29-;19-,22-,23+,24-,25-,27-,28-,29+;;;;/m010..../s1. The molecule has 0 bridgehead atoms. The van der Waals surface area contributed by atoms with Gasteiger partial charge in [-0.15, -0.1) is 13.2 Å². The molecular formula is C92H136O9. The molecule has 0 heterocycles. The largest absolute Gasteiger partial charge is 0.459 e. The number of benzene rings is 3. The molecule has 0 amide bonds. The van der Waals surface area contributed by atoms with Gasteiger partial charge in [0.05, 0.1) is 33.5 Å². The highest BCUT2D eigenvalue weighted by Crippen LogP contribution is 2.71. The Labute approximate surface area is 612 Å². The summed E-state index contributed by atoms with van der Waals surface area (Å²) in [5, 5.41) is 32.0. The lowest BCUT2D eigenvalue weighted by Gasteiger charge is -2.59. The third-order valence-electron chi connectivity index (χ3n) is 31.0. The second-order valence-electron chi connectivity index (χ2n) is 36.4. The molecule has 101 heavy (non-hydrogen) atoms. The summed E-state index contributed by atoms with van der Waals surface area (Å²) in [6.45, 7) is 33.3. The maximum absolute atomic E-state index is 12.7. The number of carbonyl (C=O) groups excluding carboxylic acids is 3. The number of allylic oxidation sites excluding steroid dienone is 3. The van der Waals surface area contributed by atoms with Crippen molar-refractivity contribution in [3.63, 3.8) is 0 Å². The van der Waals surface area contributed by atoms with E-state index in [4.69, 9.17) is 14.2 Å². The van der Waals surface area contributed by atoms with E-state index in [0.29, 0.717) is 52.2 Å². The Morgan fingerprint density at radius 2 is 0.594 bits per heavy atom. The fourth-order valence-corrected chi connectivity index (χ4v) is 25.5. The van der Waals surface area contributed by atoms with Crippen molar-refractivity contribution in [2.45, 2.75) is 295 Å². The van der Waals surface area contributed by atoms with E-state index in [-0.39, 0.29) is 91.0 Å². The smallest absolute Gasteiger partial charge is 0.338 e. The lowest BCUT2D eigenvalue weighted by atomic mass is 9.46. The zero-order valence-corrected chi connectivity index (χ0v) is 62.2. The number of rotatable bonds is 9. The SMILES string of the molecule is C.C.C.C=C.CC(OC(=O)c1ccccc1)[C@H]1CC[C@H]2[C@@H]3CC=C4C[C@@](C)(O)CC[C@]4(C)[C@H]3CC[C@]12C.C[C@@H](OC(=O)c1ccccc1)[C@H]1CC[C@H]2[C@@H]3CC=C4C[C@@](C)(O)CC[C@]4(C)[C@H]3CC[C@]12C.C[C@H](OC(=O)c1ccccc1)[C@H]1CC[C@H]2[C@@H]3CC=C4C[C@@](C)(O)CC[C@]4(C)[C@H]3CC[C@]12C. The van der Waals surface area contributed by atoms with E-state index in [1.165, 1.54) is 74.5 Å². The van der Waals surface area contributed by atoms with Crippen LogP contribution in [0.4, 0.5) is 0 Å². The molecule has 1 unspecified atom stereocenters. The van der Waals surface area contributed by atoms with Crippen LogP contribution in [0.5, 0.6) is 0 Å². The van der Waals surface area contributed by atoms with E-state index in [9.17, 15) is 29.7 Å². The predicted octanol–water partition coefficient (Wildman–Crippen LogP) is 22.4. The first-order valence-corrected chi connectivity index (χ1v) is 39.0. The molecule has 15 rings (SSSR count). The van der Waals surface area contributed by atoms with E-state index >= 15 is 0 Å². The lowest BCUT2D eigenvalue weighted by molar-refractivity contribution is -0.0804. The van der Waals surface area contributed by atoms with Gasteiger partial charge in [0, 0.05) is 17.8 Å². The molecule has 0 aliphatic heterocycles. The summed E-state index contributed by atoms with van der Waals surface area (Å²) in [7, 11) is 0. The van der Waals surface area contributed by atoms with Crippen molar-refractivity contribution < 1.29 is 43.9 Å². The van der Waals surface area contributed by atoms with Crippen LogP contribution in [-0.4, -0.2) is 68.3 Å². The Hall–Kier alpha value is -5.09. The second-order valence-corrected chi connectivity index (χ2v) is 36.4. The van der Waals surface area contributed by atoms with Crippen LogP contribution in [0.25, 0.3) is 0 Å². The summed E-state index contributed by atoms with van der Waals surface area (Å²) < 4.78 is 18.1. The fraction of sp³-hybridized carbons (Fsp3) is 0.685. The molecule has 0 saturated heterocycles. The van der Waals surface area contributed by atoms with Gasteiger partial charge >= 0.3 is 17.9 Å². The molecule has 9 saturated carbocycles. The number of esters is 3. The minimum atomic E-state index is -0.530. The molecule has 0 aromatic heterocycles. The Bertz CT molecular complexity index is 3080. The molecule has 3 N–H and O–H groups in total. The number of hydrogen-bond acceptors (Lipinski definition) is 9. The number of aliphatic hydroxyl groups is 3. The van der Waals surface area contributed by atoms with Gasteiger partial charge in [-0.1, -0.05) is 153 Å². The minimum Gasteiger partial charge on any atom is -0.459 e. The summed E-state index contributed by atoms with van der Waals surface area (Å²) in [4.78, 5) is 38.1. The van der Waals surface area contributed by atoms with Crippen molar-refractivity contribution in [2.24, 2.45) is 104 Å². The maximum Gasteiger partial charge on any atom is 0.338 e. The van der Waals surface area contributed by atoms with Crippen LogP contribution in [-0.2, 0) is 14.2 Å². The Morgan fingerprint density at radius 1 is 0.356 bits per heavy atom. The van der Waals surface area contributed by atoms with Gasteiger partial charge < -0.3 is 29.5 Å². The van der Waals surface area contributed by atoms with Gasteiger partial charge in [0.15, 0.2) is 0 Å². The fourth-order valence-electron chi connectivity index (χ4n) is 25.5. The van der Waals surface area contributed by atoms with Crippen LogP contribution in [0.1, 0.15) is 291 Å². The molecule has 9 fully saturated rings. The highest BCUT2D eigenvalue weighted by Gasteiger charge is 2.64. The number of hydrogen-bond donors (Lipinski definition) is 3. The van der Waals surface area contributed by atoms with E-state index in [1.807, 2.05) is 112 Å². The van der Waals surface area contributed by atoms with Crippen LogP contribution in [0.3, 0.4) is 0 Å². The van der Waals surface area contributed by atoms with Gasteiger partial charge in [0.25, 0.3) is 0 Å². The Kier molecular flexibility index (Phi) is 24.1. The zero-order valence-electron chi connectivity index (χ0n) is 62.2. The normalized spacial score (nSPS) is 41.8. The quantitative estimate of drug-likeness (QED) is 0.109. The summed E-state index contributed by atoms with van der Waals surface area (Å²) in [5.74, 6) is 7.26. The van der Waals surface area contributed by atoms with Crippen LogP contribution in [0.15, 0.2) is 139 Å². The summed E-state index contributed by atoms with van der Waals surface area (Å²) >= 11 is 0. The molecule has 12 aliphatic rings. The molecule has 3 aromatic rings. The minimum absolute atomic E-state index is 0. The molecular weight excluding hydrogens is 1250 g/mol. The molecule has 3 aromatic carbocycles. The van der Waals surface area contributed by atoms with Gasteiger partial charge in [0.1, 0.15) is 18.3 Å². The average molecular weight is 1390 g/mol. The molecule has 24 atom stereocenters. The Morgan fingerprint density at radius 3 is 0.832 bits per heavy atom. The van der Waals surface area contributed by atoms with E-state index in [2.05, 4.69) is 93.7 Å². The van der Waals surface area contributed by atoms with Gasteiger partial charge in [-0.3, -0.25) is 0 Å². The van der Waals surface area contributed by atoms with Crippen LogP contribution >= 0.6 is 0 Å². The lowest BCUT2D eigenvalue weighted by Crippen LogP contribution is -2.52. The van der Waals surface area contributed by atoms with E-state index in [1.54, 1.807) is 0 Å². The summed E-state index contributed by atoms with van der Waals surface area (Å²) in [6.07, 6.45) is 34.3. The average Bonchev–Trinajstić information content (AvgIpc) is 1.69. The van der Waals surface area contributed by atoms with Crippen LogP contribution in [0.2, 0.25) is 0 Å². The van der Waals surface area contributed by atoms with Crippen molar-refractivity contribution in [1.82, 2.24) is 0 Å². The second kappa shape index (κ2) is 30.4. The molecule has 9 nitrogen and oxygen atoms in total. The first-order chi connectivity index (χ1) is 46.4. The monoisotopic (exact) mass is 1390 g/mol. The molecule has 12 aliphatic carbocycles. The molecule has 558 valence electrons. The van der Waals surface area contributed by atoms with Crippen molar-refractivity contribution in [3.8, 4) is 0 Å². The number of carbonyl (C=O) groups is 3. The Balaban J connectivity index is 0.000000172. The number of fused-ring (bicyclic) bond motifs is 15. The van der Waals surface area contributed by atoms with E-state index < -0.39 is 16.8 Å². The molecule has 0 radical (unpaired) electrons. The highest BCUT2D eigenvalue weighted by atomic mass is 16.6. The van der Waals surface area contributed by atoms with Crippen molar-refractivity contribution in [3.05, 3.63) is 156 Å².